The lowest BCUT2D eigenvalue weighted by Gasteiger charge is -2.12. The lowest BCUT2D eigenvalue weighted by molar-refractivity contribution is -0.118. The van der Waals surface area contributed by atoms with Crippen LogP contribution in [-0.2, 0) is 4.79 Å². The molecule has 5 nitrogen and oxygen atoms in total. The Morgan fingerprint density at radius 2 is 1.92 bits per heavy atom. The number of anilines is 1. The molecule has 25 heavy (non-hydrogen) atoms. The van der Waals surface area contributed by atoms with E-state index in [9.17, 15) is 13.6 Å². The van der Waals surface area contributed by atoms with Crippen LogP contribution < -0.4 is 14.8 Å². The molecule has 1 aromatic heterocycles. The van der Waals surface area contributed by atoms with Crippen LogP contribution in [0.2, 0.25) is 0 Å². The number of hydrogen-bond acceptors (Lipinski definition) is 4. The molecule has 7 heteroatoms. The predicted molar refractivity (Wildman–Crippen MR) is 88.8 cm³/mol. The van der Waals surface area contributed by atoms with Gasteiger partial charge in [0.25, 0.3) is 5.91 Å². The van der Waals surface area contributed by atoms with Crippen LogP contribution in [0, 0.1) is 11.6 Å². The highest BCUT2D eigenvalue weighted by Gasteiger charge is 2.12. The molecule has 0 bridgehead atoms. The summed E-state index contributed by atoms with van der Waals surface area (Å²) >= 11 is 0. The molecule has 1 N–H and O–H groups in total. The average Bonchev–Trinajstić information content (AvgIpc) is 2.61. The van der Waals surface area contributed by atoms with Crippen molar-refractivity contribution in [3.63, 3.8) is 0 Å². The van der Waals surface area contributed by atoms with Gasteiger partial charge in [-0.3, -0.25) is 9.78 Å². The Morgan fingerprint density at radius 3 is 2.68 bits per heavy atom. The molecule has 0 saturated carbocycles. The van der Waals surface area contributed by atoms with Crippen molar-refractivity contribution >= 4 is 22.4 Å². The lowest BCUT2D eigenvalue weighted by Crippen LogP contribution is -2.21. The first kappa shape index (κ1) is 16.6. The molecule has 0 radical (unpaired) electrons. The Morgan fingerprint density at radius 1 is 1.12 bits per heavy atom. The van der Waals surface area contributed by atoms with E-state index in [0.717, 1.165) is 22.9 Å². The van der Waals surface area contributed by atoms with Gasteiger partial charge in [0.05, 0.1) is 12.8 Å². The van der Waals surface area contributed by atoms with E-state index in [2.05, 4.69) is 10.3 Å². The minimum absolute atomic E-state index is 0.121. The summed E-state index contributed by atoms with van der Waals surface area (Å²) in [6.07, 6.45) is 3.32. The Labute approximate surface area is 142 Å². The first-order valence-electron chi connectivity index (χ1n) is 7.36. The van der Waals surface area contributed by atoms with E-state index in [4.69, 9.17) is 9.47 Å². The molecule has 0 aliphatic rings. The van der Waals surface area contributed by atoms with E-state index in [-0.39, 0.29) is 12.3 Å². The van der Waals surface area contributed by atoms with E-state index >= 15 is 0 Å². The van der Waals surface area contributed by atoms with Gasteiger partial charge >= 0.3 is 0 Å². The van der Waals surface area contributed by atoms with Gasteiger partial charge in [-0.05, 0) is 35.7 Å². The normalized spacial score (nSPS) is 10.5. The van der Waals surface area contributed by atoms with E-state index in [1.54, 1.807) is 24.5 Å². The number of methoxy groups -OCH3 is 1. The third kappa shape index (κ3) is 3.82. The van der Waals surface area contributed by atoms with Crippen molar-refractivity contribution in [2.75, 3.05) is 19.0 Å². The lowest BCUT2D eigenvalue weighted by atomic mass is 10.1. The fraction of sp³-hybridized carbons (Fsp3) is 0.111. The number of hydrogen-bond donors (Lipinski definition) is 1. The summed E-state index contributed by atoms with van der Waals surface area (Å²) in [6.45, 7) is -0.362. The maximum Gasteiger partial charge on any atom is 0.262 e. The number of amides is 1. The number of carbonyl (C=O) groups excluding carboxylic acids is 1. The second kappa shape index (κ2) is 7.12. The van der Waals surface area contributed by atoms with Gasteiger partial charge in [-0.2, -0.15) is 0 Å². The molecule has 0 fully saturated rings. The summed E-state index contributed by atoms with van der Waals surface area (Å²) in [5.74, 6) is -1.35. The molecule has 0 aliphatic carbocycles. The molecule has 0 atom stereocenters. The highest BCUT2D eigenvalue weighted by molar-refractivity contribution is 5.92. The maximum atomic E-state index is 13.5. The van der Waals surface area contributed by atoms with Crippen LogP contribution in [0.4, 0.5) is 14.5 Å². The van der Waals surface area contributed by atoms with Gasteiger partial charge in [0.2, 0.25) is 0 Å². The van der Waals surface area contributed by atoms with Crippen molar-refractivity contribution < 1.29 is 23.0 Å². The fourth-order valence-corrected chi connectivity index (χ4v) is 2.29. The third-order valence-corrected chi connectivity index (χ3v) is 3.49. The highest BCUT2D eigenvalue weighted by atomic mass is 19.1. The van der Waals surface area contributed by atoms with Crippen molar-refractivity contribution in [1.82, 2.24) is 4.98 Å². The smallest absolute Gasteiger partial charge is 0.262 e. The fourth-order valence-electron chi connectivity index (χ4n) is 2.29. The van der Waals surface area contributed by atoms with Gasteiger partial charge in [-0.1, -0.05) is 0 Å². The van der Waals surface area contributed by atoms with Gasteiger partial charge < -0.3 is 14.8 Å². The zero-order valence-electron chi connectivity index (χ0n) is 13.3. The van der Waals surface area contributed by atoms with Gasteiger partial charge in [-0.25, -0.2) is 8.78 Å². The number of nitrogens with one attached hydrogen (secondary N) is 1. The van der Waals surface area contributed by atoms with E-state index in [0.29, 0.717) is 17.6 Å². The zero-order chi connectivity index (χ0) is 17.8. The van der Waals surface area contributed by atoms with Crippen LogP contribution in [0.1, 0.15) is 0 Å². The first-order chi connectivity index (χ1) is 12.1. The largest absolute Gasteiger partial charge is 0.493 e. The van der Waals surface area contributed by atoms with Crippen LogP contribution in [0.15, 0.2) is 48.8 Å². The molecule has 1 amide bonds. The summed E-state index contributed by atoms with van der Waals surface area (Å²) < 4.78 is 37.1. The van der Waals surface area contributed by atoms with Crippen molar-refractivity contribution in [2.24, 2.45) is 0 Å². The average molecular weight is 344 g/mol. The number of fused-ring (bicyclic) bond motifs is 1. The van der Waals surface area contributed by atoms with Crippen LogP contribution in [0.3, 0.4) is 0 Å². The van der Waals surface area contributed by atoms with Crippen LogP contribution in [0.5, 0.6) is 11.5 Å². The summed E-state index contributed by atoms with van der Waals surface area (Å²) in [7, 11) is 1.49. The second-order valence-electron chi connectivity index (χ2n) is 5.19. The number of halogens is 2. The van der Waals surface area contributed by atoms with Crippen LogP contribution in [-0.4, -0.2) is 24.6 Å². The Kier molecular flexibility index (Phi) is 4.74. The molecule has 0 saturated heterocycles. The van der Waals surface area contributed by atoms with Crippen molar-refractivity contribution in [2.45, 2.75) is 0 Å². The minimum Gasteiger partial charge on any atom is -0.493 e. The summed E-state index contributed by atoms with van der Waals surface area (Å²) in [5.41, 5.74) is -0.121. The number of pyridine rings is 1. The van der Waals surface area contributed by atoms with Crippen molar-refractivity contribution in [3.05, 3.63) is 60.4 Å². The molecule has 0 aliphatic heterocycles. The molecular weight excluding hydrogens is 330 g/mol. The van der Waals surface area contributed by atoms with Crippen molar-refractivity contribution in [1.29, 1.82) is 0 Å². The summed E-state index contributed by atoms with van der Waals surface area (Å²) in [4.78, 5) is 16.0. The Balaban J connectivity index is 1.72. The zero-order valence-corrected chi connectivity index (χ0v) is 13.3. The third-order valence-electron chi connectivity index (χ3n) is 3.49. The van der Waals surface area contributed by atoms with Gasteiger partial charge in [0.15, 0.2) is 18.1 Å². The highest BCUT2D eigenvalue weighted by Crippen LogP contribution is 2.32. The molecule has 0 spiro atoms. The SMILES string of the molecule is COc1cc2ccncc2cc1OCC(=O)Nc1ccc(F)cc1F. The molecule has 3 rings (SSSR count). The number of ether oxygens (including phenoxy) is 2. The minimum atomic E-state index is -0.859. The second-order valence-corrected chi connectivity index (χ2v) is 5.19. The Hall–Kier alpha value is -3.22. The number of aromatic nitrogens is 1. The number of rotatable bonds is 5. The number of benzene rings is 2. The van der Waals surface area contributed by atoms with E-state index < -0.39 is 17.5 Å². The molecule has 3 aromatic rings. The summed E-state index contributed by atoms with van der Waals surface area (Å²) in [5, 5.41) is 4.06. The predicted octanol–water partition coefficient (Wildman–Crippen LogP) is 3.54. The standard InChI is InChI=1S/C18H14F2N2O3/c1-24-16-6-11-4-5-21-9-12(11)7-17(16)25-10-18(23)22-15-3-2-13(19)8-14(15)20/h2-9H,10H2,1H3,(H,22,23). The molecule has 1 heterocycles. The topological polar surface area (TPSA) is 60.5 Å². The van der Waals surface area contributed by atoms with Crippen LogP contribution >= 0.6 is 0 Å². The van der Waals surface area contributed by atoms with Gasteiger partial charge in [0.1, 0.15) is 11.6 Å². The van der Waals surface area contributed by atoms with Crippen molar-refractivity contribution in [3.8, 4) is 11.5 Å². The monoisotopic (exact) mass is 344 g/mol. The summed E-state index contributed by atoms with van der Waals surface area (Å²) in [6, 6.07) is 8.18. The number of nitrogens with zero attached hydrogens (tertiary/aromatic N) is 1. The first-order valence-corrected chi connectivity index (χ1v) is 7.36. The van der Waals surface area contributed by atoms with Gasteiger partial charge in [0, 0.05) is 23.8 Å². The Bertz CT molecular complexity index is 931. The maximum absolute atomic E-state index is 13.5. The quantitative estimate of drug-likeness (QED) is 0.769. The van der Waals surface area contributed by atoms with E-state index in [1.165, 1.54) is 7.11 Å². The van der Waals surface area contributed by atoms with Gasteiger partial charge in [-0.15, -0.1) is 0 Å². The molecule has 128 valence electrons. The van der Waals surface area contributed by atoms with E-state index in [1.807, 2.05) is 6.07 Å². The molecule has 2 aromatic carbocycles. The number of carbonyl (C=O) groups is 1. The molecule has 0 unspecified atom stereocenters. The van der Waals surface area contributed by atoms with Crippen LogP contribution in [0.25, 0.3) is 10.8 Å². The molecular formula is C18H14F2N2O3.